The molecule has 134 valence electrons. The molecule has 0 atom stereocenters. The van der Waals surface area contributed by atoms with Gasteiger partial charge in [0, 0.05) is 31.1 Å². The molecule has 0 saturated heterocycles. The highest BCUT2D eigenvalue weighted by atomic mass is 79.9. The van der Waals surface area contributed by atoms with Gasteiger partial charge in [0.1, 0.15) is 16.9 Å². The molecule has 3 heterocycles. The molecule has 3 aromatic heterocycles. The number of halogens is 2. The number of nitrogens with zero attached hydrogens (tertiary/aromatic N) is 4. The number of ether oxygens (including phenoxy) is 1. The Morgan fingerprint density at radius 1 is 1.38 bits per heavy atom. The van der Waals surface area contributed by atoms with Crippen LogP contribution in [-0.2, 0) is 20.2 Å². The van der Waals surface area contributed by atoms with E-state index in [0.717, 1.165) is 5.69 Å². The molecule has 0 aliphatic carbocycles. The largest absolute Gasteiger partial charge is 0.473 e. The van der Waals surface area contributed by atoms with Crippen molar-refractivity contribution in [2.45, 2.75) is 13.2 Å². The quantitative estimate of drug-likeness (QED) is 0.600. The van der Waals surface area contributed by atoms with Crippen LogP contribution < -0.4 is 10.1 Å². The highest BCUT2D eigenvalue weighted by Gasteiger charge is 2.11. The van der Waals surface area contributed by atoms with E-state index in [1.165, 1.54) is 12.3 Å². The molecule has 26 heavy (non-hydrogen) atoms. The molecular weight excluding hydrogens is 422 g/mol. The van der Waals surface area contributed by atoms with Crippen LogP contribution in [0.1, 0.15) is 21.7 Å². The Labute approximate surface area is 163 Å². The van der Waals surface area contributed by atoms with Crippen molar-refractivity contribution in [3.8, 4) is 5.88 Å². The zero-order valence-electron chi connectivity index (χ0n) is 13.8. The molecule has 0 saturated carbocycles. The van der Waals surface area contributed by atoms with Gasteiger partial charge in [0.2, 0.25) is 5.88 Å². The number of pyridine rings is 2. The number of carbonyl (C=O) groups excluding carboxylic acids is 1. The predicted octanol–water partition coefficient (Wildman–Crippen LogP) is 3.14. The fourth-order valence-corrected chi connectivity index (χ4v) is 2.66. The molecular formula is C17H15BrClN5O2. The van der Waals surface area contributed by atoms with Gasteiger partial charge in [0.15, 0.2) is 0 Å². The first kappa shape index (κ1) is 18.3. The number of aromatic nitrogens is 4. The van der Waals surface area contributed by atoms with Gasteiger partial charge in [-0.2, -0.15) is 5.10 Å². The fraction of sp³-hybridized carbons (Fsp3) is 0.176. The summed E-state index contributed by atoms with van der Waals surface area (Å²) in [4.78, 5) is 20.5. The average molecular weight is 437 g/mol. The lowest BCUT2D eigenvalue weighted by molar-refractivity contribution is 0.0945. The molecule has 0 fully saturated rings. The summed E-state index contributed by atoms with van der Waals surface area (Å²) in [6.45, 7) is 0.517. The van der Waals surface area contributed by atoms with E-state index >= 15 is 0 Å². The number of carbonyl (C=O) groups is 1. The predicted molar refractivity (Wildman–Crippen MR) is 99.9 cm³/mol. The molecule has 3 aromatic rings. The third-order valence-corrected chi connectivity index (χ3v) is 4.22. The van der Waals surface area contributed by atoms with Crippen LogP contribution in [0, 0.1) is 0 Å². The molecule has 0 radical (unpaired) electrons. The van der Waals surface area contributed by atoms with Gasteiger partial charge < -0.3 is 10.1 Å². The van der Waals surface area contributed by atoms with Gasteiger partial charge >= 0.3 is 0 Å². The molecule has 7 nitrogen and oxygen atoms in total. The van der Waals surface area contributed by atoms with E-state index in [9.17, 15) is 4.79 Å². The first-order valence-electron chi connectivity index (χ1n) is 7.68. The Morgan fingerprint density at radius 2 is 2.23 bits per heavy atom. The normalized spacial score (nSPS) is 10.6. The Hall–Kier alpha value is -2.45. The lowest BCUT2D eigenvalue weighted by Gasteiger charge is -2.08. The summed E-state index contributed by atoms with van der Waals surface area (Å²) in [6, 6.07) is 8.71. The zero-order valence-corrected chi connectivity index (χ0v) is 16.2. The molecule has 0 aromatic carbocycles. The average Bonchev–Trinajstić information content (AvgIpc) is 3.04. The second-order valence-corrected chi connectivity index (χ2v) is 6.63. The van der Waals surface area contributed by atoms with E-state index in [0.29, 0.717) is 27.6 Å². The van der Waals surface area contributed by atoms with Gasteiger partial charge in [0.25, 0.3) is 5.91 Å². The summed E-state index contributed by atoms with van der Waals surface area (Å²) in [5.74, 6) is 0.145. The lowest BCUT2D eigenvalue weighted by Crippen LogP contribution is -2.24. The third-order valence-electron chi connectivity index (χ3n) is 3.43. The maximum Gasteiger partial charge on any atom is 0.270 e. The standard InChI is InChI=1S/C17H15BrClN5O2/c1-24-6-5-12(23-24)9-21-17(25)14-7-13(19)11(8-20-14)10-26-16-4-2-3-15(18)22-16/h2-8H,9-10H2,1H3,(H,21,25). The minimum Gasteiger partial charge on any atom is -0.473 e. The highest BCUT2D eigenvalue weighted by molar-refractivity contribution is 9.10. The molecule has 0 unspecified atom stereocenters. The number of aryl methyl sites for hydroxylation is 1. The van der Waals surface area contributed by atoms with Crippen molar-refractivity contribution >= 4 is 33.4 Å². The summed E-state index contributed by atoms with van der Waals surface area (Å²) in [7, 11) is 1.82. The van der Waals surface area contributed by atoms with E-state index in [4.69, 9.17) is 16.3 Å². The molecule has 1 amide bonds. The maximum absolute atomic E-state index is 12.2. The first-order valence-corrected chi connectivity index (χ1v) is 8.85. The van der Waals surface area contributed by atoms with E-state index in [1.54, 1.807) is 16.8 Å². The Balaban J connectivity index is 1.60. The second kappa shape index (κ2) is 8.29. The van der Waals surface area contributed by atoms with Crippen LogP contribution in [0.25, 0.3) is 0 Å². The van der Waals surface area contributed by atoms with Crippen molar-refractivity contribution in [3.05, 3.63) is 69.3 Å². The minimum absolute atomic E-state index is 0.200. The van der Waals surface area contributed by atoms with Crippen molar-refractivity contribution in [2.24, 2.45) is 7.05 Å². The number of hydrogen-bond acceptors (Lipinski definition) is 5. The topological polar surface area (TPSA) is 81.9 Å². The summed E-state index contributed by atoms with van der Waals surface area (Å²) in [5.41, 5.74) is 1.66. The van der Waals surface area contributed by atoms with E-state index in [1.807, 2.05) is 25.4 Å². The third kappa shape index (κ3) is 4.80. The van der Waals surface area contributed by atoms with Crippen molar-refractivity contribution < 1.29 is 9.53 Å². The number of rotatable bonds is 6. The first-order chi connectivity index (χ1) is 12.5. The molecule has 9 heteroatoms. The van der Waals surface area contributed by atoms with Crippen molar-refractivity contribution in [1.82, 2.24) is 25.1 Å². The molecule has 0 spiro atoms. The van der Waals surface area contributed by atoms with Gasteiger partial charge in [-0.1, -0.05) is 17.7 Å². The van der Waals surface area contributed by atoms with Crippen molar-refractivity contribution in [3.63, 3.8) is 0 Å². The summed E-state index contributed by atoms with van der Waals surface area (Å²) < 4.78 is 7.94. The van der Waals surface area contributed by atoms with Crippen LogP contribution in [0.2, 0.25) is 5.02 Å². The van der Waals surface area contributed by atoms with Crippen molar-refractivity contribution in [2.75, 3.05) is 0 Å². The summed E-state index contributed by atoms with van der Waals surface area (Å²) in [6.07, 6.45) is 3.33. The number of nitrogens with one attached hydrogen (secondary N) is 1. The minimum atomic E-state index is -0.321. The smallest absolute Gasteiger partial charge is 0.270 e. The van der Waals surface area contributed by atoms with Gasteiger partial charge in [0.05, 0.1) is 17.3 Å². The number of hydrogen-bond donors (Lipinski definition) is 1. The zero-order chi connectivity index (χ0) is 18.5. The monoisotopic (exact) mass is 435 g/mol. The fourth-order valence-electron chi connectivity index (χ4n) is 2.13. The van der Waals surface area contributed by atoms with E-state index < -0.39 is 0 Å². The second-order valence-electron chi connectivity index (χ2n) is 5.41. The van der Waals surface area contributed by atoms with Crippen LogP contribution >= 0.6 is 27.5 Å². The van der Waals surface area contributed by atoms with Crippen LogP contribution in [0.4, 0.5) is 0 Å². The van der Waals surface area contributed by atoms with Crippen molar-refractivity contribution in [1.29, 1.82) is 0 Å². The maximum atomic E-state index is 12.2. The molecule has 0 aliphatic heterocycles. The molecule has 0 bridgehead atoms. The highest BCUT2D eigenvalue weighted by Crippen LogP contribution is 2.19. The SMILES string of the molecule is Cn1ccc(CNC(=O)c2cc(Cl)c(COc3cccc(Br)n3)cn2)n1. The molecule has 0 aliphatic rings. The summed E-state index contributed by atoms with van der Waals surface area (Å²) in [5, 5.41) is 7.35. The van der Waals surface area contributed by atoms with Crippen LogP contribution in [0.3, 0.4) is 0 Å². The number of amides is 1. The Morgan fingerprint density at radius 3 is 2.92 bits per heavy atom. The van der Waals surface area contributed by atoms with Gasteiger partial charge in [-0.15, -0.1) is 0 Å². The van der Waals surface area contributed by atoms with Crippen LogP contribution in [0.5, 0.6) is 5.88 Å². The van der Waals surface area contributed by atoms with Gasteiger partial charge in [-0.3, -0.25) is 14.5 Å². The Bertz CT molecular complexity index is 931. The van der Waals surface area contributed by atoms with Gasteiger partial charge in [-0.05, 0) is 34.1 Å². The van der Waals surface area contributed by atoms with Crippen LogP contribution in [-0.4, -0.2) is 25.7 Å². The van der Waals surface area contributed by atoms with E-state index in [-0.39, 0.29) is 18.2 Å². The Kier molecular flexibility index (Phi) is 5.85. The van der Waals surface area contributed by atoms with Crippen LogP contribution in [0.15, 0.2) is 47.3 Å². The van der Waals surface area contributed by atoms with E-state index in [2.05, 4.69) is 36.3 Å². The molecule has 3 rings (SSSR count). The summed E-state index contributed by atoms with van der Waals surface area (Å²) >= 11 is 9.53. The van der Waals surface area contributed by atoms with Gasteiger partial charge in [-0.25, -0.2) is 4.98 Å². The molecule has 1 N–H and O–H groups in total. The lowest BCUT2D eigenvalue weighted by atomic mass is 10.2.